The molecule has 1 saturated heterocycles. The van der Waals surface area contributed by atoms with Crippen LogP contribution < -0.4 is 0 Å². The minimum absolute atomic E-state index is 0.0592. The second kappa shape index (κ2) is 5.28. The number of likely N-dealkylation sites (N-methyl/N-ethyl adjacent to an activating group) is 1. The van der Waals surface area contributed by atoms with Gasteiger partial charge in [0.25, 0.3) is 10.0 Å². The van der Waals surface area contributed by atoms with Crippen LogP contribution in [0, 0.1) is 6.92 Å². The number of piperazine rings is 1. The molecule has 1 aliphatic heterocycles. The van der Waals surface area contributed by atoms with E-state index in [4.69, 9.17) is 8.94 Å². The number of aromatic nitrogens is 1. The van der Waals surface area contributed by atoms with Gasteiger partial charge in [0, 0.05) is 32.2 Å². The minimum atomic E-state index is -3.59. The second-order valence-electron chi connectivity index (χ2n) is 5.16. The van der Waals surface area contributed by atoms with Crippen LogP contribution in [0.3, 0.4) is 0 Å². The molecule has 1 fully saturated rings. The van der Waals surface area contributed by atoms with E-state index < -0.39 is 10.0 Å². The van der Waals surface area contributed by atoms with E-state index in [0.29, 0.717) is 43.4 Å². The first-order valence-corrected chi connectivity index (χ1v) is 8.13. The maximum atomic E-state index is 12.5. The number of hydrogen-bond donors (Lipinski definition) is 0. The standard InChI is InChI=1S/C13H17N3O4S/c1-10-9-12(20-14-10)11-3-4-13(19-11)21(17,18)16-7-5-15(2)6-8-16/h3-4,9H,5-8H2,1-2H3. The van der Waals surface area contributed by atoms with Gasteiger partial charge in [-0.25, -0.2) is 8.42 Å². The molecule has 0 saturated carbocycles. The van der Waals surface area contributed by atoms with Gasteiger partial charge in [0.15, 0.2) is 5.76 Å². The molecule has 0 N–H and O–H groups in total. The molecule has 3 heterocycles. The number of aryl methyl sites for hydroxylation is 1. The largest absolute Gasteiger partial charge is 0.440 e. The van der Waals surface area contributed by atoms with Crippen molar-refractivity contribution in [2.24, 2.45) is 0 Å². The molecule has 0 spiro atoms. The number of sulfonamides is 1. The SMILES string of the molecule is Cc1cc(-c2ccc(S(=O)(=O)N3CCN(C)CC3)o2)on1. The van der Waals surface area contributed by atoms with Gasteiger partial charge in [0.1, 0.15) is 0 Å². The smallest absolute Gasteiger partial charge is 0.276 e. The van der Waals surface area contributed by atoms with Gasteiger partial charge in [0.05, 0.1) is 5.69 Å². The van der Waals surface area contributed by atoms with Gasteiger partial charge in [-0.1, -0.05) is 5.16 Å². The van der Waals surface area contributed by atoms with Crippen molar-refractivity contribution in [2.45, 2.75) is 12.0 Å². The maximum Gasteiger partial charge on any atom is 0.276 e. The van der Waals surface area contributed by atoms with E-state index in [-0.39, 0.29) is 5.09 Å². The molecule has 2 aromatic heterocycles. The van der Waals surface area contributed by atoms with Crippen molar-refractivity contribution in [3.63, 3.8) is 0 Å². The first-order chi connectivity index (χ1) is 9.96. The number of furan rings is 1. The third-order valence-corrected chi connectivity index (χ3v) is 5.28. The fourth-order valence-corrected chi connectivity index (χ4v) is 3.56. The lowest BCUT2D eigenvalue weighted by Crippen LogP contribution is -2.46. The monoisotopic (exact) mass is 311 g/mol. The third kappa shape index (κ3) is 2.74. The lowest BCUT2D eigenvalue weighted by molar-refractivity contribution is 0.219. The first-order valence-electron chi connectivity index (χ1n) is 6.69. The molecule has 21 heavy (non-hydrogen) atoms. The molecule has 0 bridgehead atoms. The van der Waals surface area contributed by atoms with Crippen LogP contribution in [-0.2, 0) is 10.0 Å². The van der Waals surface area contributed by atoms with Crippen LogP contribution in [0.15, 0.2) is 32.2 Å². The molecule has 0 unspecified atom stereocenters. The van der Waals surface area contributed by atoms with Crippen molar-refractivity contribution in [3.05, 3.63) is 23.9 Å². The van der Waals surface area contributed by atoms with Gasteiger partial charge in [-0.2, -0.15) is 4.31 Å². The van der Waals surface area contributed by atoms with Crippen LogP contribution in [0.25, 0.3) is 11.5 Å². The first kappa shape index (κ1) is 14.3. The quantitative estimate of drug-likeness (QED) is 0.847. The van der Waals surface area contributed by atoms with Crippen LogP contribution in [0.4, 0.5) is 0 Å². The van der Waals surface area contributed by atoms with Crippen molar-refractivity contribution in [1.29, 1.82) is 0 Å². The lowest BCUT2D eigenvalue weighted by atomic mass is 10.3. The zero-order chi connectivity index (χ0) is 15.0. The topological polar surface area (TPSA) is 79.8 Å². The molecule has 0 aromatic carbocycles. The molecule has 7 nitrogen and oxygen atoms in total. The predicted octanol–water partition coefficient (Wildman–Crippen LogP) is 1.18. The fraction of sp³-hybridized carbons (Fsp3) is 0.462. The van der Waals surface area contributed by atoms with Crippen molar-refractivity contribution in [3.8, 4) is 11.5 Å². The summed E-state index contributed by atoms with van der Waals surface area (Å²) >= 11 is 0. The normalized spacial score (nSPS) is 18.2. The molecule has 114 valence electrons. The summed E-state index contributed by atoms with van der Waals surface area (Å²) in [6.45, 7) is 4.16. The van der Waals surface area contributed by atoms with E-state index in [1.165, 1.54) is 10.4 Å². The predicted molar refractivity (Wildman–Crippen MR) is 75.2 cm³/mol. The van der Waals surface area contributed by atoms with Crippen LogP contribution in [0.5, 0.6) is 0 Å². The zero-order valence-electron chi connectivity index (χ0n) is 11.9. The summed E-state index contributed by atoms with van der Waals surface area (Å²) in [5.74, 6) is 0.788. The summed E-state index contributed by atoms with van der Waals surface area (Å²) in [6.07, 6.45) is 0. The Balaban J connectivity index is 1.85. The molecular formula is C13H17N3O4S. The Morgan fingerprint density at radius 3 is 2.48 bits per heavy atom. The van der Waals surface area contributed by atoms with Gasteiger partial charge in [0.2, 0.25) is 10.9 Å². The Kier molecular flexibility index (Phi) is 3.60. The Morgan fingerprint density at radius 2 is 1.86 bits per heavy atom. The van der Waals surface area contributed by atoms with Crippen LogP contribution >= 0.6 is 0 Å². The van der Waals surface area contributed by atoms with Gasteiger partial charge >= 0.3 is 0 Å². The third-order valence-electron chi connectivity index (χ3n) is 3.51. The Labute approximate surface area is 123 Å². The summed E-state index contributed by atoms with van der Waals surface area (Å²) < 4.78 is 37.0. The number of hydrogen-bond acceptors (Lipinski definition) is 6. The van der Waals surface area contributed by atoms with Crippen LogP contribution in [0.2, 0.25) is 0 Å². The summed E-state index contributed by atoms with van der Waals surface area (Å²) in [6, 6.07) is 4.74. The zero-order valence-corrected chi connectivity index (χ0v) is 12.8. The summed E-state index contributed by atoms with van der Waals surface area (Å²) in [7, 11) is -1.61. The minimum Gasteiger partial charge on any atom is -0.440 e. The van der Waals surface area contributed by atoms with E-state index >= 15 is 0 Å². The molecular weight excluding hydrogens is 294 g/mol. The van der Waals surface area contributed by atoms with E-state index in [2.05, 4.69) is 10.1 Å². The molecule has 1 aliphatic rings. The molecule has 2 aromatic rings. The van der Waals surface area contributed by atoms with Crippen LogP contribution in [-0.4, -0.2) is 56.0 Å². The lowest BCUT2D eigenvalue weighted by Gasteiger charge is -2.30. The van der Waals surface area contributed by atoms with Crippen molar-refractivity contribution in [2.75, 3.05) is 33.2 Å². The highest BCUT2D eigenvalue weighted by molar-refractivity contribution is 7.89. The van der Waals surface area contributed by atoms with Gasteiger partial charge in [-0.3, -0.25) is 0 Å². The van der Waals surface area contributed by atoms with Crippen molar-refractivity contribution < 1.29 is 17.4 Å². The number of rotatable bonds is 3. The highest BCUT2D eigenvalue weighted by Gasteiger charge is 2.30. The van der Waals surface area contributed by atoms with Gasteiger partial charge in [-0.15, -0.1) is 0 Å². The van der Waals surface area contributed by atoms with Crippen LogP contribution in [0.1, 0.15) is 5.69 Å². The molecule has 0 amide bonds. The highest BCUT2D eigenvalue weighted by Crippen LogP contribution is 2.27. The molecule has 3 rings (SSSR count). The van der Waals surface area contributed by atoms with E-state index in [1.54, 1.807) is 19.1 Å². The Morgan fingerprint density at radius 1 is 1.14 bits per heavy atom. The summed E-state index contributed by atoms with van der Waals surface area (Å²) in [5.41, 5.74) is 0.713. The molecule has 0 aliphatic carbocycles. The molecule has 8 heteroatoms. The van der Waals surface area contributed by atoms with Crippen molar-refractivity contribution in [1.82, 2.24) is 14.4 Å². The second-order valence-corrected chi connectivity index (χ2v) is 7.03. The van der Waals surface area contributed by atoms with Crippen molar-refractivity contribution >= 4 is 10.0 Å². The highest BCUT2D eigenvalue weighted by atomic mass is 32.2. The Hall–Kier alpha value is -1.64. The summed E-state index contributed by atoms with van der Waals surface area (Å²) in [4.78, 5) is 2.09. The average Bonchev–Trinajstić information content (AvgIpc) is 3.08. The fourth-order valence-electron chi connectivity index (χ4n) is 2.23. The average molecular weight is 311 g/mol. The molecule has 0 atom stereocenters. The van der Waals surface area contributed by atoms with Gasteiger partial charge in [-0.05, 0) is 26.1 Å². The number of nitrogens with zero attached hydrogens (tertiary/aromatic N) is 3. The van der Waals surface area contributed by atoms with E-state index in [0.717, 1.165) is 0 Å². The Bertz CT molecular complexity index is 726. The molecule has 0 radical (unpaired) electrons. The van der Waals surface area contributed by atoms with Gasteiger partial charge < -0.3 is 13.8 Å². The van der Waals surface area contributed by atoms with E-state index in [9.17, 15) is 8.42 Å². The van der Waals surface area contributed by atoms with E-state index in [1.807, 2.05) is 7.05 Å². The summed E-state index contributed by atoms with van der Waals surface area (Å²) in [5, 5.41) is 3.70. The maximum absolute atomic E-state index is 12.5.